The van der Waals surface area contributed by atoms with E-state index in [-0.39, 0.29) is 5.69 Å². The molecule has 0 bridgehead atoms. The number of nitro benzene ring substituents is 1. The van der Waals surface area contributed by atoms with Crippen LogP contribution in [0.3, 0.4) is 0 Å². The number of nitrogens with one attached hydrogen (secondary N) is 1. The molecule has 6 nitrogen and oxygen atoms in total. The molecule has 0 unspecified atom stereocenters. The minimum Gasteiger partial charge on any atom is -0.459 e. The maximum Gasteiger partial charge on any atom is 0.281 e. The van der Waals surface area contributed by atoms with Crippen LogP contribution >= 0.6 is 11.6 Å². The van der Waals surface area contributed by atoms with Crippen LogP contribution in [0.25, 0.3) is 11.3 Å². The third-order valence-corrected chi connectivity index (χ3v) is 4.28. The highest BCUT2D eigenvalue weighted by Gasteiger charge is 2.18. The first-order valence-corrected chi connectivity index (χ1v) is 8.75. The smallest absolute Gasteiger partial charge is 0.281 e. The summed E-state index contributed by atoms with van der Waals surface area (Å²) in [6.45, 7) is 1.80. The molecule has 3 rings (SSSR count). The largest absolute Gasteiger partial charge is 0.459 e. The summed E-state index contributed by atoms with van der Waals surface area (Å²) in [5.41, 5.74) is 2.60. The van der Waals surface area contributed by atoms with Gasteiger partial charge in [-0.25, -0.2) is 0 Å². The molecule has 0 aliphatic rings. The molecule has 3 aromatic rings. The molecule has 0 amide bonds. The number of hydrogen-bond acceptors (Lipinski definition) is 5. The van der Waals surface area contributed by atoms with Crippen LogP contribution in [-0.4, -0.2) is 12.0 Å². The van der Waals surface area contributed by atoms with E-state index in [0.29, 0.717) is 41.8 Å². The number of hydrogen-bond donors (Lipinski definition) is 1. The number of benzene rings is 2. The predicted molar refractivity (Wildman–Crippen MR) is 104 cm³/mol. The summed E-state index contributed by atoms with van der Waals surface area (Å²) in [5.74, 6) is 1.14. The van der Waals surface area contributed by atoms with Crippen LogP contribution in [0.5, 0.6) is 0 Å². The topological polar surface area (TPSA) is 77.5 Å². The van der Waals surface area contributed by atoms with Crippen molar-refractivity contribution in [1.82, 2.24) is 5.32 Å². The molecular formula is C20H19ClN2O4. The molecule has 7 heteroatoms. The van der Waals surface area contributed by atoms with Crippen LogP contribution in [0.1, 0.15) is 16.9 Å². The summed E-state index contributed by atoms with van der Waals surface area (Å²) in [4.78, 5) is 10.8. The maximum absolute atomic E-state index is 11.2. The molecule has 0 saturated heterocycles. The summed E-state index contributed by atoms with van der Waals surface area (Å²) >= 11 is 5.86. The molecule has 0 saturated carbocycles. The Morgan fingerprint density at radius 2 is 1.81 bits per heavy atom. The van der Waals surface area contributed by atoms with Gasteiger partial charge in [-0.3, -0.25) is 10.1 Å². The van der Waals surface area contributed by atoms with Crippen molar-refractivity contribution in [3.63, 3.8) is 0 Å². The zero-order valence-corrected chi connectivity index (χ0v) is 15.5. The van der Waals surface area contributed by atoms with Crippen molar-refractivity contribution in [2.45, 2.75) is 19.7 Å². The highest BCUT2D eigenvalue weighted by atomic mass is 35.5. The summed E-state index contributed by atoms with van der Waals surface area (Å²) in [6.07, 6.45) is 0. The van der Waals surface area contributed by atoms with Gasteiger partial charge in [0.1, 0.15) is 11.5 Å². The minimum atomic E-state index is -0.463. The first-order valence-electron chi connectivity index (χ1n) is 8.37. The zero-order chi connectivity index (χ0) is 19.2. The number of ether oxygens (including phenoxy) is 1. The molecule has 1 aromatic heterocycles. The van der Waals surface area contributed by atoms with E-state index in [0.717, 1.165) is 11.1 Å². The van der Waals surface area contributed by atoms with Crippen molar-refractivity contribution in [1.29, 1.82) is 0 Å². The lowest BCUT2D eigenvalue weighted by molar-refractivity contribution is -0.384. The minimum absolute atomic E-state index is 0.0764. The Labute approximate surface area is 161 Å². The van der Waals surface area contributed by atoms with Gasteiger partial charge >= 0.3 is 0 Å². The van der Waals surface area contributed by atoms with Crippen molar-refractivity contribution in [3.8, 4) is 11.3 Å². The third-order valence-electron chi connectivity index (χ3n) is 4.05. The highest BCUT2D eigenvalue weighted by Crippen LogP contribution is 2.33. The number of nitro groups is 1. The van der Waals surface area contributed by atoms with E-state index in [2.05, 4.69) is 5.32 Å². The lowest BCUT2D eigenvalue weighted by Gasteiger charge is -2.05. The monoisotopic (exact) mass is 386 g/mol. The molecule has 27 heavy (non-hydrogen) atoms. The van der Waals surface area contributed by atoms with Gasteiger partial charge in [0.15, 0.2) is 0 Å². The van der Waals surface area contributed by atoms with Crippen molar-refractivity contribution in [2.24, 2.45) is 0 Å². The Balaban J connectivity index is 1.62. The molecule has 0 atom stereocenters. The first kappa shape index (κ1) is 19.1. The Bertz CT molecular complexity index is 922. The van der Waals surface area contributed by atoms with E-state index in [1.54, 1.807) is 25.3 Å². The second-order valence-corrected chi connectivity index (χ2v) is 6.47. The molecule has 2 aromatic carbocycles. The molecule has 1 N–H and O–H groups in total. The summed E-state index contributed by atoms with van der Waals surface area (Å²) < 4.78 is 10.9. The normalized spacial score (nSPS) is 10.9. The average Bonchev–Trinajstić information content (AvgIpc) is 3.12. The molecule has 140 valence electrons. The van der Waals surface area contributed by atoms with Crippen LogP contribution < -0.4 is 5.32 Å². The van der Waals surface area contributed by atoms with E-state index in [1.165, 1.54) is 6.07 Å². The standard InChI is InChI=1S/C20H19ClN2O4/c1-26-13-15-4-2-14(3-5-15)11-22-12-17-7-9-20(27-17)18-8-6-16(21)10-19(18)23(24)25/h2-10,22H,11-13H2,1H3. The quantitative estimate of drug-likeness (QED) is 0.438. The van der Waals surface area contributed by atoms with Gasteiger partial charge in [0.25, 0.3) is 5.69 Å². The van der Waals surface area contributed by atoms with Crippen molar-refractivity contribution in [2.75, 3.05) is 7.11 Å². The maximum atomic E-state index is 11.2. The fraction of sp³-hybridized carbons (Fsp3) is 0.200. The van der Waals surface area contributed by atoms with Crippen LogP contribution in [-0.2, 0) is 24.4 Å². The number of nitrogens with zero attached hydrogens (tertiary/aromatic N) is 1. The third kappa shape index (κ3) is 4.95. The summed E-state index contributed by atoms with van der Waals surface area (Å²) in [6, 6.07) is 16.2. The molecule has 1 heterocycles. The average molecular weight is 387 g/mol. The second-order valence-electron chi connectivity index (χ2n) is 6.04. The second kappa shape index (κ2) is 8.81. The van der Waals surface area contributed by atoms with Gasteiger partial charge in [-0.1, -0.05) is 35.9 Å². The fourth-order valence-electron chi connectivity index (χ4n) is 2.73. The number of rotatable bonds is 8. The van der Waals surface area contributed by atoms with Crippen LogP contribution in [0, 0.1) is 10.1 Å². The van der Waals surface area contributed by atoms with Crippen molar-refractivity contribution >= 4 is 17.3 Å². The van der Waals surface area contributed by atoms with Gasteiger partial charge in [-0.2, -0.15) is 0 Å². The Morgan fingerprint density at radius 3 is 2.52 bits per heavy atom. The molecule has 0 spiro atoms. The van der Waals surface area contributed by atoms with Crippen molar-refractivity contribution in [3.05, 3.63) is 86.6 Å². The molecule has 0 fully saturated rings. The van der Waals surface area contributed by atoms with Gasteiger partial charge in [0.05, 0.1) is 23.6 Å². The summed E-state index contributed by atoms with van der Waals surface area (Å²) in [7, 11) is 1.67. The number of methoxy groups -OCH3 is 1. The van der Waals surface area contributed by atoms with Gasteiger partial charge in [-0.05, 0) is 35.4 Å². The molecule has 0 aliphatic heterocycles. The number of furan rings is 1. The lowest BCUT2D eigenvalue weighted by Crippen LogP contribution is -2.12. The fourth-order valence-corrected chi connectivity index (χ4v) is 2.90. The summed E-state index contributed by atoms with van der Waals surface area (Å²) in [5, 5.41) is 14.8. The first-order chi connectivity index (χ1) is 13.1. The van der Waals surface area contributed by atoms with Gasteiger partial charge < -0.3 is 14.5 Å². The van der Waals surface area contributed by atoms with Crippen LogP contribution in [0.4, 0.5) is 5.69 Å². The van der Waals surface area contributed by atoms with E-state index >= 15 is 0 Å². The van der Waals surface area contributed by atoms with E-state index in [4.69, 9.17) is 20.8 Å². The Morgan fingerprint density at radius 1 is 1.07 bits per heavy atom. The predicted octanol–water partition coefficient (Wildman–Crippen LogP) is 4.94. The number of halogens is 1. The van der Waals surface area contributed by atoms with E-state index < -0.39 is 4.92 Å². The lowest BCUT2D eigenvalue weighted by atomic mass is 10.1. The SMILES string of the molecule is COCc1ccc(CNCc2ccc(-c3ccc(Cl)cc3[N+](=O)[O-])o2)cc1. The molecular weight excluding hydrogens is 368 g/mol. The van der Waals surface area contributed by atoms with Gasteiger partial charge in [-0.15, -0.1) is 0 Å². The van der Waals surface area contributed by atoms with E-state index in [9.17, 15) is 10.1 Å². The highest BCUT2D eigenvalue weighted by molar-refractivity contribution is 6.30. The molecule has 0 aliphatic carbocycles. The van der Waals surface area contributed by atoms with Crippen molar-refractivity contribution < 1.29 is 14.1 Å². The Kier molecular flexibility index (Phi) is 6.24. The van der Waals surface area contributed by atoms with E-state index in [1.807, 2.05) is 30.3 Å². The van der Waals surface area contributed by atoms with Gasteiger partial charge in [0, 0.05) is 24.7 Å². The zero-order valence-electron chi connectivity index (χ0n) is 14.8. The van der Waals surface area contributed by atoms with Crippen LogP contribution in [0.2, 0.25) is 5.02 Å². The molecule has 0 radical (unpaired) electrons. The van der Waals surface area contributed by atoms with Gasteiger partial charge in [0.2, 0.25) is 0 Å². The van der Waals surface area contributed by atoms with Crippen LogP contribution in [0.15, 0.2) is 59.0 Å². The Hall–Kier alpha value is -2.67.